The molecular formula is C29H33N3O2. The summed E-state index contributed by atoms with van der Waals surface area (Å²) < 4.78 is 5.46. The minimum Gasteiger partial charge on any atom is -0.496 e. The molecule has 2 heterocycles. The first-order chi connectivity index (χ1) is 16.7. The highest BCUT2D eigenvalue weighted by Crippen LogP contribution is 2.36. The van der Waals surface area contributed by atoms with Gasteiger partial charge in [-0.05, 0) is 41.7 Å². The number of benzene rings is 3. The number of amides is 1. The van der Waals surface area contributed by atoms with Gasteiger partial charge < -0.3 is 15.0 Å². The first-order valence-corrected chi connectivity index (χ1v) is 12.2. The lowest BCUT2D eigenvalue weighted by molar-refractivity contribution is -0.126. The molecule has 0 spiro atoms. The summed E-state index contributed by atoms with van der Waals surface area (Å²) in [4.78, 5) is 18.5. The summed E-state index contributed by atoms with van der Waals surface area (Å²) >= 11 is 0. The van der Waals surface area contributed by atoms with Crippen molar-refractivity contribution < 1.29 is 9.53 Å². The van der Waals surface area contributed by atoms with Crippen LogP contribution in [-0.4, -0.2) is 50.1 Å². The molecule has 3 aromatic rings. The molecule has 0 saturated carbocycles. The quantitative estimate of drug-likeness (QED) is 0.587. The molecule has 1 amide bonds. The van der Waals surface area contributed by atoms with Gasteiger partial charge in [0.25, 0.3) is 0 Å². The Kier molecular flexibility index (Phi) is 6.82. The minimum absolute atomic E-state index is 0.0638. The van der Waals surface area contributed by atoms with Crippen LogP contribution in [0.3, 0.4) is 0 Å². The maximum absolute atomic E-state index is 13.5. The Bertz CT molecular complexity index is 1120. The second-order valence-corrected chi connectivity index (χ2v) is 9.27. The molecule has 0 radical (unpaired) electrons. The number of fused-ring (bicyclic) bond motifs is 3. The zero-order valence-corrected chi connectivity index (χ0v) is 19.8. The number of methoxy groups -OCH3 is 1. The third-order valence-electron chi connectivity index (χ3n) is 7.18. The fourth-order valence-corrected chi connectivity index (χ4v) is 5.46. The number of anilines is 1. The molecule has 5 heteroatoms. The highest BCUT2D eigenvalue weighted by atomic mass is 16.5. The van der Waals surface area contributed by atoms with Crippen molar-refractivity contribution in [1.82, 2.24) is 10.2 Å². The minimum atomic E-state index is -0.0638. The van der Waals surface area contributed by atoms with Crippen LogP contribution in [0.25, 0.3) is 0 Å². The largest absolute Gasteiger partial charge is 0.496 e. The van der Waals surface area contributed by atoms with E-state index in [2.05, 4.69) is 75.8 Å². The van der Waals surface area contributed by atoms with Crippen molar-refractivity contribution in [3.63, 3.8) is 0 Å². The highest BCUT2D eigenvalue weighted by Gasteiger charge is 2.41. The van der Waals surface area contributed by atoms with Crippen molar-refractivity contribution in [2.75, 3.05) is 38.2 Å². The molecule has 5 nitrogen and oxygen atoms in total. The van der Waals surface area contributed by atoms with Crippen LogP contribution in [-0.2, 0) is 24.2 Å². The van der Waals surface area contributed by atoms with Gasteiger partial charge in [0.15, 0.2) is 0 Å². The molecule has 2 aliphatic rings. The van der Waals surface area contributed by atoms with Crippen LogP contribution in [0.5, 0.6) is 5.75 Å². The Morgan fingerprint density at radius 1 is 0.971 bits per heavy atom. The van der Waals surface area contributed by atoms with Gasteiger partial charge in [-0.1, -0.05) is 66.7 Å². The van der Waals surface area contributed by atoms with Crippen LogP contribution in [0, 0.1) is 5.92 Å². The molecule has 2 aliphatic heterocycles. The van der Waals surface area contributed by atoms with Crippen LogP contribution in [0.15, 0.2) is 78.9 Å². The zero-order chi connectivity index (χ0) is 23.3. The summed E-state index contributed by atoms with van der Waals surface area (Å²) in [5.74, 6) is 0.963. The summed E-state index contributed by atoms with van der Waals surface area (Å²) in [6, 6.07) is 27.4. The number of nitrogens with one attached hydrogen (secondary N) is 1. The lowest BCUT2D eigenvalue weighted by Gasteiger charge is -2.49. The molecular weight excluding hydrogens is 422 g/mol. The molecule has 176 valence electrons. The van der Waals surface area contributed by atoms with E-state index in [9.17, 15) is 4.79 Å². The van der Waals surface area contributed by atoms with E-state index in [1.54, 1.807) is 7.11 Å². The molecule has 0 aliphatic carbocycles. The van der Waals surface area contributed by atoms with E-state index >= 15 is 0 Å². The highest BCUT2D eigenvalue weighted by molar-refractivity contribution is 5.82. The Labute approximate surface area is 202 Å². The van der Waals surface area contributed by atoms with E-state index in [0.717, 1.165) is 50.3 Å². The molecule has 0 unspecified atom stereocenters. The fourth-order valence-electron chi connectivity index (χ4n) is 5.46. The molecule has 3 aromatic carbocycles. The van der Waals surface area contributed by atoms with E-state index < -0.39 is 0 Å². The fraction of sp³-hybridized carbons (Fsp3) is 0.345. The van der Waals surface area contributed by atoms with Crippen molar-refractivity contribution in [3.8, 4) is 5.75 Å². The SMILES string of the molecule is COc1ccccc1CCNC(=O)[C@H]1Cc2ccccc2N2CCN(Cc3ccccc3)C[C@@H]12. The number of para-hydroxylation sites is 2. The van der Waals surface area contributed by atoms with Crippen LogP contribution < -0.4 is 15.0 Å². The number of carbonyl (C=O) groups excluding carboxylic acids is 1. The average Bonchev–Trinajstić information content (AvgIpc) is 2.89. The average molecular weight is 456 g/mol. The Morgan fingerprint density at radius 3 is 2.59 bits per heavy atom. The van der Waals surface area contributed by atoms with Crippen LogP contribution in [0.1, 0.15) is 16.7 Å². The van der Waals surface area contributed by atoms with Crippen molar-refractivity contribution in [2.45, 2.75) is 25.4 Å². The summed E-state index contributed by atoms with van der Waals surface area (Å²) in [6.07, 6.45) is 1.55. The van der Waals surface area contributed by atoms with E-state index in [4.69, 9.17) is 4.74 Å². The second-order valence-electron chi connectivity index (χ2n) is 9.27. The topological polar surface area (TPSA) is 44.8 Å². The number of nitrogens with zero attached hydrogens (tertiary/aromatic N) is 2. The smallest absolute Gasteiger partial charge is 0.225 e. The molecule has 1 fully saturated rings. The van der Waals surface area contributed by atoms with Gasteiger partial charge in [-0.15, -0.1) is 0 Å². The van der Waals surface area contributed by atoms with Crippen molar-refractivity contribution in [1.29, 1.82) is 0 Å². The van der Waals surface area contributed by atoms with Gasteiger partial charge in [-0.25, -0.2) is 0 Å². The van der Waals surface area contributed by atoms with Gasteiger partial charge >= 0.3 is 0 Å². The summed E-state index contributed by atoms with van der Waals surface area (Å²) in [5.41, 5.74) is 5.02. The lowest BCUT2D eigenvalue weighted by atomic mass is 9.83. The first kappa shape index (κ1) is 22.5. The van der Waals surface area contributed by atoms with E-state index in [0.29, 0.717) is 6.54 Å². The maximum atomic E-state index is 13.5. The monoisotopic (exact) mass is 455 g/mol. The lowest BCUT2D eigenvalue weighted by Crippen LogP contribution is -2.61. The normalized spacial score (nSPS) is 19.7. The van der Waals surface area contributed by atoms with Crippen LogP contribution in [0.2, 0.25) is 0 Å². The number of rotatable bonds is 7. The van der Waals surface area contributed by atoms with Gasteiger partial charge in [0.1, 0.15) is 5.75 Å². The van der Waals surface area contributed by atoms with E-state index in [-0.39, 0.29) is 17.9 Å². The maximum Gasteiger partial charge on any atom is 0.225 e. The standard InChI is InChI=1S/C29H33N3O2/c1-34-28-14-8-6-11-23(28)15-16-30-29(33)25-19-24-12-5-7-13-26(24)32-18-17-31(21-27(25)32)20-22-9-3-2-4-10-22/h2-14,25,27H,15-21H2,1H3,(H,30,33)/t25-,27-/m0/s1. The molecule has 5 rings (SSSR count). The third kappa shape index (κ3) is 4.80. The van der Waals surface area contributed by atoms with Crippen molar-refractivity contribution in [2.24, 2.45) is 5.92 Å². The van der Waals surface area contributed by atoms with Gasteiger partial charge in [0.2, 0.25) is 5.91 Å². The summed E-state index contributed by atoms with van der Waals surface area (Å²) in [7, 11) is 1.69. The van der Waals surface area contributed by atoms with Crippen molar-refractivity contribution in [3.05, 3.63) is 95.6 Å². The molecule has 1 N–H and O–H groups in total. The van der Waals surface area contributed by atoms with E-state index in [1.165, 1.54) is 16.8 Å². The van der Waals surface area contributed by atoms with E-state index in [1.807, 2.05) is 18.2 Å². The molecule has 0 aromatic heterocycles. The molecule has 0 bridgehead atoms. The second kappa shape index (κ2) is 10.3. The van der Waals surface area contributed by atoms with Gasteiger partial charge in [0.05, 0.1) is 19.1 Å². The van der Waals surface area contributed by atoms with Gasteiger partial charge in [-0.3, -0.25) is 9.69 Å². The predicted octanol–water partition coefficient (Wildman–Crippen LogP) is 3.92. The molecule has 1 saturated heterocycles. The summed E-state index contributed by atoms with van der Waals surface area (Å²) in [6.45, 7) is 4.38. The van der Waals surface area contributed by atoms with Crippen molar-refractivity contribution >= 4 is 11.6 Å². The Morgan fingerprint density at radius 2 is 1.74 bits per heavy atom. The third-order valence-corrected chi connectivity index (χ3v) is 7.18. The first-order valence-electron chi connectivity index (χ1n) is 12.2. The molecule has 2 atom stereocenters. The number of carbonyl (C=O) groups is 1. The number of ether oxygens (including phenoxy) is 1. The molecule has 34 heavy (non-hydrogen) atoms. The van der Waals surface area contributed by atoms with Crippen LogP contribution in [0.4, 0.5) is 5.69 Å². The predicted molar refractivity (Wildman–Crippen MR) is 136 cm³/mol. The van der Waals surface area contributed by atoms with Gasteiger partial charge in [0, 0.05) is 38.4 Å². The Hall–Kier alpha value is -3.31. The van der Waals surface area contributed by atoms with Crippen LogP contribution >= 0.6 is 0 Å². The number of piperazine rings is 1. The number of hydrogen-bond donors (Lipinski definition) is 1. The van der Waals surface area contributed by atoms with Gasteiger partial charge in [-0.2, -0.15) is 0 Å². The number of hydrogen-bond acceptors (Lipinski definition) is 4. The Balaban J connectivity index is 1.30. The summed E-state index contributed by atoms with van der Waals surface area (Å²) in [5, 5.41) is 3.24. The zero-order valence-electron chi connectivity index (χ0n) is 19.8.